The maximum Gasteiger partial charge on any atom is 0.435 e. The molecule has 1 N–H and O–H groups in total. The summed E-state index contributed by atoms with van der Waals surface area (Å²) in [6, 6.07) is 0. The number of rotatable bonds is 2. The number of hydrogen-bond donors (Lipinski definition) is 1. The third-order valence-corrected chi connectivity index (χ3v) is 3.62. The van der Waals surface area contributed by atoms with E-state index in [0.717, 1.165) is 0 Å². The van der Waals surface area contributed by atoms with Gasteiger partial charge in [-0.15, -0.1) is 5.92 Å². The molecule has 0 amide bonds. The fraction of sp³-hybridized carbons (Fsp3) is 0.500. The van der Waals surface area contributed by atoms with Gasteiger partial charge in [0, 0.05) is 12.0 Å². The SMILES string of the molecule is O=C(O)Cn1nc(C(F)(F)F)c2c1C(F)(F)[C@@H]1CC#C[C@H]21. The van der Waals surface area contributed by atoms with Gasteiger partial charge in [-0.1, -0.05) is 5.92 Å². The first kappa shape index (κ1) is 13.9. The predicted molar refractivity (Wildman–Crippen MR) is 57.4 cm³/mol. The minimum atomic E-state index is -4.94. The van der Waals surface area contributed by atoms with Crippen LogP contribution in [0.15, 0.2) is 0 Å². The first-order valence-electron chi connectivity index (χ1n) is 5.90. The standard InChI is InChI=1S/C12H7F5N2O2/c13-11(14)6-3-1-2-5(6)8-9(12(15,16)17)18-19(10(8)11)4-7(20)21/h5-6H,3-4H2,(H,20,21)/t5-,6+/m0/s1. The van der Waals surface area contributed by atoms with Crippen LogP contribution in [0.1, 0.15) is 29.3 Å². The number of carboxylic acids is 1. The summed E-state index contributed by atoms with van der Waals surface area (Å²) in [5, 5.41) is 11.7. The Morgan fingerprint density at radius 3 is 2.71 bits per heavy atom. The third-order valence-electron chi connectivity index (χ3n) is 3.62. The molecule has 3 rings (SSSR count). The second kappa shape index (κ2) is 3.96. The van der Waals surface area contributed by atoms with Crippen LogP contribution in [-0.2, 0) is 23.4 Å². The summed E-state index contributed by atoms with van der Waals surface area (Å²) in [6.07, 6.45) is -5.17. The summed E-state index contributed by atoms with van der Waals surface area (Å²) in [4.78, 5) is 10.7. The molecule has 0 saturated heterocycles. The van der Waals surface area contributed by atoms with E-state index < -0.39 is 53.4 Å². The number of hydrogen-bond acceptors (Lipinski definition) is 2. The summed E-state index contributed by atoms with van der Waals surface area (Å²) >= 11 is 0. The van der Waals surface area contributed by atoms with Crippen LogP contribution in [0.4, 0.5) is 22.0 Å². The quantitative estimate of drug-likeness (QED) is 0.673. The average Bonchev–Trinajstić information content (AvgIpc) is 2.92. The largest absolute Gasteiger partial charge is 0.480 e. The number of halogens is 5. The van der Waals surface area contributed by atoms with Crippen molar-refractivity contribution in [2.45, 2.75) is 31.0 Å². The third kappa shape index (κ3) is 1.81. The molecule has 2 atom stereocenters. The van der Waals surface area contributed by atoms with E-state index in [1.54, 1.807) is 0 Å². The maximum atomic E-state index is 14.3. The van der Waals surface area contributed by atoms with Gasteiger partial charge in [0.2, 0.25) is 0 Å². The minimum absolute atomic E-state index is 0.225. The second-order valence-electron chi connectivity index (χ2n) is 4.89. The van der Waals surface area contributed by atoms with Gasteiger partial charge in [0.1, 0.15) is 12.2 Å². The van der Waals surface area contributed by atoms with E-state index >= 15 is 0 Å². The second-order valence-corrected chi connectivity index (χ2v) is 4.89. The smallest absolute Gasteiger partial charge is 0.435 e. The van der Waals surface area contributed by atoms with Gasteiger partial charge < -0.3 is 5.11 Å². The van der Waals surface area contributed by atoms with Crippen molar-refractivity contribution in [3.8, 4) is 11.8 Å². The zero-order chi connectivity index (χ0) is 15.6. The summed E-state index contributed by atoms with van der Waals surface area (Å²) in [6.45, 7) is -1.05. The fourth-order valence-electron chi connectivity index (χ4n) is 2.86. The monoisotopic (exact) mass is 306 g/mol. The highest BCUT2D eigenvalue weighted by Crippen LogP contribution is 2.58. The number of aliphatic carboxylic acids is 1. The van der Waals surface area contributed by atoms with Crippen molar-refractivity contribution in [1.29, 1.82) is 0 Å². The molecule has 0 bridgehead atoms. The zero-order valence-corrected chi connectivity index (χ0v) is 10.2. The first-order valence-corrected chi connectivity index (χ1v) is 5.90. The van der Waals surface area contributed by atoms with Crippen molar-refractivity contribution in [3.05, 3.63) is 17.0 Å². The summed E-state index contributed by atoms with van der Waals surface area (Å²) in [7, 11) is 0. The van der Waals surface area contributed by atoms with Crippen LogP contribution in [0, 0.1) is 17.8 Å². The Labute approximate surface area is 114 Å². The molecule has 0 unspecified atom stereocenters. The number of carboxylic acid groups (broad SMARTS) is 1. The Hall–Kier alpha value is -2.11. The summed E-state index contributed by atoms with van der Waals surface area (Å²) in [5.74, 6) is -3.03. The highest BCUT2D eigenvalue weighted by Gasteiger charge is 2.61. The number of nitrogens with zero attached hydrogens (tertiary/aromatic N) is 2. The van der Waals surface area contributed by atoms with Crippen LogP contribution in [0.5, 0.6) is 0 Å². The topological polar surface area (TPSA) is 55.1 Å². The number of alkyl halides is 5. The molecule has 21 heavy (non-hydrogen) atoms. The van der Waals surface area contributed by atoms with Crippen molar-refractivity contribution in [2.75, 3.05) is 0 Å². The number of carbonyl (C=O) groups is 1. The van der Waals surface area contributed by atoms with Gasteiger partial charge in [0.15, 0.2) is 5.69 Å². The van der Waals surface area contributed by atoms with E-state index in [-0.39, 0.29) is 11.1 Å². The zero-order valence-electron chi connectivity index (χ0n) is 10.2. The van der Waals surface area contributed by atoms with Crippen molar-refractivity contribution in [1.82, 2.24) is 9.78 Å². The van der Waals surface area contributed by atoms with Crippen LogP contribution in [0.3, 0.4) is 0 Å². The molecule has 0 fully saturated rings. The Balaban J connectivity index is 2.26. The van der Waals surface area contributed by atoms with Gasteiger partial charge in [0.05, 0.1) is 11.8 Å². The lowest BCUT2D eigenvalue weighted by atomic mass is 9.93. The Bertz CT molecular complexity index is 695. The van der Waals surface area contributed by atoms with E-state index in [0.29, 0.717) is 0 Å². The molecular weight excluding hydrogens is 299 g/mol. The molecule has 0 aromatic carbocycles. The van der Waals surface area contributed by atoms with Crippen LogP contribution in [0.25, 0.3) is 0 Å². The van der Waals surface area contributed by atoms with Crippen LogP contribution in [-0.4, -0.2) is 20.9 Å². The van der Waals surface area contributed by atoms with Crippen LogP contribution < -0.4 is 0 Å². The molecular formula is C12H7F5N2O2. The van der Waals surface area contributed by atoms with Crippen molar-refractivity contribution < 1.29 is 31.9 Å². The van der Waals surface area contributed by atoms with E-state index in [9.17, 15) is 26.7 Å². The normalized spacial score (nSPS) is 25.2. The average molecular weight is 306 g/mol. The number of aromatic nitrogens is 2. The maximum absolute atomic E-state index is 14.3. The lowest BCUT2D eigenvalue weighted by molar-refractivity contribution is -0.144. The number of fused-ring (bicyclic) bond motifs is 3. The van der Waals surface area contributed by atoms with Crippen LogP contribution in [0.2, 0.25) is 0 Å². The molecule has 1 aromatic rings. The van der Waals surface area contributed by atoms with E-state index in [2.05, 4.69) is 16.9 Å². The lowest BCUT2D eigenvalue weighted by Gasteiger charge is -2.19. The van der Waals surface area contributed by atoms with Gasteiger partial charge in [-0.05, 0) is 0 Å². The lowest BCUT2D eigenvalue weighted by Crippen LogP contribution is -2.26. The Morgan fingerprint density at radius 1 is 1.48 bits per heavy atom. The molecule has 2 aliphatic carbocycles. The first-order chi connectivity index (χ1) is 9.64. The molecule has 0 radical (unpaired) electrons. The Morgan fingerprint density at radius 2 is 2.14 bits per heavy atom. The minimum Gasteiger partial charge on any atom is -0.480 e. The molecule has 112 valence electrons. The molecule has 0 saturated carbocycles. The highest BCUT2D eigenvalue weighted by molar-refractivity contribution is 5.67. The molecule has 1 heterocycles. The van der Waals surface area contributed by atoms with Gasteiger partial charge >= 0.3 is 12.1 Å². The fourth-order valence-corrected chi connectivity index (χ4v) is 2.86. The Kier molecular flexibility index (Phi) is 2.61. The summed E-state index contributed by atoms with van der Waals surface area (Å²) < 4.78 is 67.8. The molecule has 9 heteroatoms. The molecule has 4 nitrogen and oxygen atoms in total. The van der Waals surface area contributed by atoms with E-state index in [1.807, 2.05) is 0 Å². The molecule has 0 spiro atoms. The van der Waals surface area contributed by atoms with Crippen molar-refractivity contribution >= 4 is 5.97 Å². The summed E-state index contributed by atoms with van der Waals surface area (Å²) in [5.41, 5.74) is -3.12. The van der Waals surface area contributed by atoms with Crippen molar-refractivity contribution in [3.63, 3.8) is 0 Å². The molecule has 2 aliphatic rings. The predicted octanol–water partition coefficient (Wildman–Crippen LogP) is 2.20. The molecule has 1 aromatic heterocycles. The van der Waals surface area contributed by atoms with Gasteiger partial charge in [-0.3, -0.25) is 9.48 Å². The molecule has 0 aliphatic heterocycles. The van der Waals surface area contributed by atoms with Gasteiger partial charge in [0.25, 0.3) is 5.92 Å². The van der Waals surface area contributed by atoms with Gasteiger partial charge in [-0.25, -0.2) is 0 Å². The van der Waals surface area contributed by atoms with E-state index in [4.69, 9.17) is 5.11 Å². The highest BCUT2D eigenvalue weighted by atomic mass is 19.4. The van der Waals surface area contributed by atoms with E-state index in [1.165, 1.54) is 0 Å². The van der Waals surface area contributed by atoms with Crippen LogP contribution >= 0.6 is 0 Å². The van der Waals surface area contributed by atoms with Crippen molar-refractivity contribution in [2.24, 2.45) is 5.92 Å². The van der Waals surface area contributed by atoms with Gasteiger partial charge in [-0.2, -0.15) is 27.1 Å².